The Labute approximate surface area is 139 Å². The van der Waals surface area contributed by atoms with Gasteiger partial charge >= 0.3 is 6.16 Å². The highest BCUT2D eigenvalue weighted by atomic mass is 79.9. The lowest BCUT2D eigenvalue weighted by molar-refractivity contribution is 0.0913. The van der Waals surface area contributed by atoms with Crippen LogP contribution in [0.4, 0.5) is 4.79 Å². The van der Waals surface area contributed by atoms with Crippen LogP contribution >= 0.6 is 15.9 Å². The molecule has 23 heavy (non-hydrogen) atoms. The fraction of sp³-hybridized carbons (Fsp3) is 0.0588. The zero-order chi connectivity index (χ0) is 16.2. The van der Waals surface area contributed by atoms with Crippen LogP contribution in [0.25, 0.3) is 11.0 Å². The van der Waals surface area contributed by atoms with Crippen molar-refractivity contribution in [3.8, 4) is 5.75 Å². The van der Waals surface area contributed by atoms with E-state index in [2.05, 4.69) is 15.9 Å². The summed E-state index contributed by atoms with van der Waals surface area (Å²) in [6.07, 6.45) is -0.975. The first-order valence-electron chi connectivity index (χ1n) is 6.75. The molecule has 1 heterocycles. The minimum Gasteiger partial charge on any atom is -0.445 e. The molecular formula is C17H11BrO5. The van der Waals surface area contributed by atoms with E-state index >= 15 is 0 Å². The number of halogens is 1. The summed E-state index contributed by atoms with van der Waals surface area (Å²) in [6, 6.07) is 15.8. The van der Waals surface area contributed by atoms with Gasteiger partial charge in [-0.05, 0) is 33.6 Å². The van der Waals surface area contributed by atoms with Gasteiger partial charge in [-0.3, -0.25) is 4.79 Å². The average molecular weight is 375 g/mol. The largest absolute Gasteiger partial charge is 0.514 e. The van der Waals surface area contributed by atoms with E-state index in [9.17, 15) is 9.59 Å². The molecule has 0 bridgehead atoms. The third-order valence-corrected chi connectivity index (χ3v) is 3.62. The fourth-order valence-electron chi connectivity index (χ4n) is 2.01. The predicted octanol–water partition coefficient (Wildman–Crippen LogP) is 4.27. The van der Waals surface area contributed by atoms with Crippen molar-refractivity contribution >= 4 is 33.1 Å². The van der Waals surface area contributed by atoms with Crippen molar-refractivity contribution in [3.05, 3.63) is 75.1 Å². The lowest BCUT2D eigenvalue weighted by Crippen LogP contribution is -2.16. The Bertz CT molecular complexity index is 902. The minimum atomic E-state index is -0.975. The van der Waals surface area contributed by atoms with Gasteiger partial charge in [-0.25, -0.2) is 4.79 Å². The van der Waals surface area contributed by atoms with E-state index in [-0.39, 0.29) is 17.0 Å². The summed E-state index contributed by atoms with van der Waals surface area (Å²) in [7, 11) is 0. The molecule has 0 saturated heterocycles. The smallest absolute Gasteiger partial charge is 0.445 e. The Kier molecular flexibility index (Phi) is 4.43. The topological polar surface area (TPSA) is 65.7 Å². The van der Waals surface area contributed by atoms with Gasteiger partial charge in [-0.15, -0.1) is 0 Å². The molecule has 0 aliphatic carbocycles. The van der Waals surface area contributed by atoms with Crippen molar-refractivity contribution in [1.82, 2.24) is 0 Å². The molecule has 3 aromatic rings. The Morgan fingerprint density at radius 1 is 1.04 bits per heavy atom. The van der Waals surface area contributed by atoms with Crippen LogP contribution in [-0.4, -0.2) is 6.16 Å². The number of rotatable bonds is 3. The molecule has 0 N–H and O–H groups in total. The molecule has 0 aliphatic heterocycles. The maximum Gasteiger partial charge on any atom is 0.514 e. The molecule has 0 fully saturated rings. The highest BCUT2D eigenvalue weighted by molar-refractivity contribution is 9.10. The zero-order valence-electron chi connectivity index (χ0n) is 11.8. The van der Waals surface area contributed by atoms with Crippen LogP contribution in [0, 0.1) is 0 Å². The van der Waals surface area contributed by atoms with Crippen molar-refractivity contribution in [2.24, 2.45) is 0 Å². The molecule has 0 spiro atoms. The molecule has 0 aliphatic rings. The monoisotopic (exact) mass is 374 g/mol. The van der Waals surface area contributed by atoms with Crippen LogP contribution in [-0.2, 0) is 11.3 Å². The number of fused-ring (bicyclic) bond motifs is 1. The lowest BCUT2D eigenvalue weighted by Gasteiger charge is -2.07. The summed E-state index contributed by atoms with van der Waals surface area (Å²) in [5.74, 6) is -0.234. The first-order chi connectivity index (χ1) is 11.1. The Morgan fingerprint density at radius 2 is 1.74 bits per heavy atom. The average Bonchev–Trinajstić information content (AvgIpc) is 2.58. The van der Waals surface area contributed by atoms with E-state index in [1.165, 1.54) is 0 Å². The van der Waals surface area contributed by atoms with Gasteiger partial charge in [-0.2, -0.15) is 0 Å². The first-order valence-corrected chi connectivity index (χ1v) is 7.54. The minimum absolute atomic E-state index is 0.0397. The number of hydrogen-bond donors (Lipinski definition) is 0. The summed E-state index contributed by atoms with van der Waals surface area (Å²) in [4.78, 5) is 24.1. The Morgan fingerprint density at radius 3 is 2.52 bits per heavy atom. The van der Waals surface area contributed by atoms with Gasteiger partial charge in [0.25, 0.3) is 0 Å². The standard InChI is InChI=1S/C17H11BrO5/c18-16-15(14(19)12-8-4-5-9-13(12)22-16)23-17(20)21-10-11-6-2-1-3-7-11/h1-9H,10H2. The van der Waals surface area contributed by atoms with Crippen LogP contribution < -0.4 is 10.2 Å². The van der Waals surface area contributed by atoms with Crippen LogP contribution in [0.1, 0.15) is 5.56 Å². The highest BCUT2D eigenvalue weighted by Crippen LogP contribution is 2.26. The predicted molar refractivity (Wildman–Crippen MR) is 87.4 cm³/mol. The molecule has 0 unspecified atom stereocenters. The van der Waals surface area contributed by atoms with Crippen molar-refractivity contribution in [2.45, 2.75) is 6.61 Å². The van der Waals surface area contributed by atoms with Crippen molar-refractivity contribution in [3.63, 3.8) is 0 Å². The summed E-state index contributed by atoms with van der Waals surface area (Å²) in [6.45, 7) is 0.0518. The quantitative estimate of drug-likeness (QED) is 0.640. The van der Waals surface area contributed by atoms with E-state index < -0.39 is 11.6 Å². The number of ether oxygens (including phenoxy) is 2. The van der Waals surface area contributed by atoms with E-state index in [1.54, 1.807) is 24.3 Å². The van der Waals surface area contributed by atoms with Crippen LogP contribution in [0.2, 0.25) is 0 Å². The summed E-state index contributed by atoms with van der Waals surface area (Å²) < 4.78 is 15.4. The summed E-state index contributed by atoms with van der Waals surface area (Å²) in [5, 5.41) is 0.321. The van der Waals surface area contributed by atoms with E-state index in [1.807, 2.05) is 30.3 Å². The molecule has 0 radical (unpaired) electrons. The number of hydrogen-bond acceptors (Lipinski definition) is 5. The highest BCUT2D eigenvalue weighted by Gasteiger charge is 2.18. The van der Waals surface area contributed by atoms with Crippen molar-refractivity contribution in [2.75, 3.05) is 0 Å². The lowest BCUT2D eigenvalue weighted by atomic mass is 10.2. The molecular weight excluding hydrogens is 364 g/mol. The summed E-state index contributed by atoms with van der Waals surface area (Å²) >= 11 is 3.09. The Balaban J connectivity index is 1.78. The molecule has 0 amide bonds. The molecule has 2 aromatic carbocycles. The molecule has 116 valence electrons. The second-order valence-electron chi connectivity index (χ2n) is 4.66. The zero-order valence-corrected chi connectivity index (χ0v) is 13.4. The fourth-order valence-corrected chi connectivity index (χ4v) is 2.45. The number of benzene rings is 2. The summed E-state index contributed by atoms with van der Waals surface area (Å²) in [5.41, 5.74) is 0.763. The van der Waals surface area contributed by atoms with Crippen LogP contribution in [0.5, 0.6) is 5.75 Å². The van der Waals surface area contributed by atoms with Crippen LogP contribution in [0.3, 0.4) is 0 Å². The third kappa shape index (κ3) is 3.43. The van der Waals surface area contributed by atoms with Gasteiger partial charge in [0.1, 0.15) is 12.2 Å². The van der Waals surface area contributed by atoms with Gasteiger partial charge in [0.15, 0.2) is 0 Å². The number of carbonyl (C=O) groups is 1. The van der Waals surface area contributed by atoms with Gasteiger partial charge < -0.3 is 13.9 Å². The normalized spacial score (nSPS) is 10.5. The van der Waals surface area contributed by atoms with Gasteiger partial charge in [-0.1, -0.05) is 42.5 Å². The first kappa shape index (κ1) is 15.3. The second kappa shape index (κ2) is 6.66. The van der Waals surface area contributed by atoms with Gasteiger partial charge in [0, 0.05) is 0 Å². The van der Waals surface area contributed by atoms with Crippen LogP contribution in [0.15, 0.2) is 68.5 Å². The van der Waals surface area contributed by atoms with Gasteiger partial charge in [0.05, 0.1) is 5.39 Å². The molecule has 0 atom stereocenters. The molecule has 5 nitrogen and oxygen atoms in total. The molecule has 0 saturated carbocycles. The SMILES string of the molecule is O=C(OCc1ccccc1)Oc1c(Br)oc2ccccc2c1=O. The molecule has 3 rings (SSSR count). The maximum atomic E-state index is 12.3. The maximum absolute atomic E-state index is 12.3. The van der Waals surface area contributed by atoms with E-state index in [4.69, 9.17) is 13.9 Å². The number of carbonyl (C=O) groups excluding carboxylic acids is 1. The van der Waals surface area contributed by atoms with Crippen molar-refractivity contribution < 1.29 is 18.7 Å². The number of para-hydroxylation sites is 1. The third-order valence-electron chi connectivity index (χ3n) is 3.10. The van der Waals surface area contributed by atoms with Crippen molar-refractivity contribution in [1.29, 1.82) is 0 Å². The molecule has 6 heteroatoms. The van der Waals surface area contributed by atoms with Gasteiger partial charge in [0.2, 0.25) is 15.8 Å². The van der Waals surface area contributed by atoms with E-state index in [0.717, 1.165) is 5.56 Å². The Hall–Kier alpha value is -2.60. The van der Waals surface area contributed by atoms with E-state index in [0.29, 0.717) is 11.0 Å². The second-order valence-corrected chi connectivity index (χ2v) is 5.38. The molecule has 1 aromatic heterocycles.